The van der Waals surface area contributed by atoms with Crippen molar-refractivity contribution < 1.29 is 4.79 Å². The molecule has 28 heavy (non-hydrogen) atoms. The third-order valence-electron chi connectivity index (χ3n) is 5.11. The van der Waals surface area contributed by atoms with Crippen molar-refractivity contribution in [3.8, 4) is 0 Å². The van der Waals surface area contributed by atoms with E-state index in [2.05, 4.69) is 46.4 Å². The highest BCUT2D eigenvalue weighted by molar-refractivity contribution is 5.89. The van der Waals surface area contributed by atoms with Gasteiger partial charge in [-0.25, -0.2) is 4.98 Å². The van der Waals surface area contributed by atoms with Crippen molar-refractivity contribution in [1.29, 1.82) is 0 Å². The Balaban J connectivity index is 2.17. The second kappa shape index (κ2) is 10.2. The first-order valence-corrected chi connectivity index (χ1v) is 10.3. The Morgan fingerprint density at radius 2 is 2.00 bits per heavy atom. The molecule has 0 bridgehead atoms. The Bertz CT molecular complexity index is 781. The second-order valence-corrected chi connectivity index (χ2v) is 7.87. The largest absolute Gasteiger partial charge is 0.368 e. The summed E-state index contributed by atoms with van der Waals surface area (Å²) in [5, 5.41) is 7.54. The van der Waals surface area contributed by atoms with Crippen molar-refractivity contribution in [3.05, 3.63) is 18.5 Å². The average Bonchev–Trinajstić information content (AvgIpc) is 2.68. The molecule has 1 amide bonds. The Morgan fingerprint density at radius 1 is 1.25 bits per heavy atom. The normalized spacial score (nSPS) is 14.4. The van der Waals surface area contributed by atoms with E-state index < -0.39 is 0 Å². The van der Waals surface area contributed by atoms with E-state index in [9.17, 15) is 4.79 Å². The Hall–Kier alpha value is -2.44. The van der Waals surface area contributed by atoms with E-state index in [4.69, 9.17) is 5.73 Å². The number of nitrogens with one attached hydrogen (secondary N) is 2. The summed E-state index contributed by atoms with van der Waals surface area (Å²) in [6.07, 6.45) is 9.52. The zero-order valence-electron chi connectivity index (χ0n) is 17.6. The molecule has 0 fully saturated rings. The minimum absolute atomic E-state index is 0.0250. The number of nitrogens with zero attached hydrogens (tertiary/aromatic N) is 3. The number of unbranched alkanes of at least 4 members (excludes halogenated alkanes) is 2. The summed E-state index contributed by atoms with van der Waals surface area (Å²) in [6, 6.07) is 1.88. The van der Waals surface area contributed by atoms with E-state index in [1.807, 2.05) is 13.0 Å². The first kappa shape index (κ1) is 21.9. The molecule has 0 saturated carbocycles. The van der Waals surface area contributed by atoms with Crippen LogP contribution in [0.4, 0.5) is 11.8 Å². The highest BCUT2D eigenvalue weighted by atomic mass is 16.1. The number of carbonyl (C=O) groups excluding carboxylic acids is 1. The van der Waals surface area contributed by atoms with Crippen LogP contribution in [0.1, 0.15) is 66.2 Å². The zero-order chi connectivity index (χ0) is 20.6. The van der Waals surface area contributed by atoms with Gasteiger partial charge in [0.2, 0.25) is 11.9 Å². The predicted molar refractivity (Wildman–Crippen MR) is 115 cm³/mol. The second-order valence-electron chi connectivity index (χ2n) is 7.87. The SMILES string of the molecule is CCCC[C@H](C)C(=O)NCC(C)(CCCC)Nc1nc(N)nc2cnccc12. The van der Waals surface area contributed by atoms with Gasteiger partial charge in [0.1, 0.15) is 5.82 Å². The number of fused-ring (bicyclic) bond motifs is 1. The summed E-state index contributed by atoms with van der Waals surface area (Å²) in [7, 11) is 0. The van der Waals surface area contributed by atoms with Gasteiger partial charge in [0.05, 0.1) is 17.3 Å². The highest BCUT2D eigenvalue weighted by Gasteiger charge is 2.27. The summed E-state index contributed by atoms with van der Waals surface area (Å²) < 4.78 is 0. The molecule has 2 aromatic rings. The van der Waals surface area contributed by atoms with Gasteiger partial charge in [-0.3, -0.25) is 9.78 Å². The van der Waals surface area contributed by atoms with Crippen molar-refractivity contribution in [2.75, 3.05) is 17.6 Å². The molecule has 7 nitrogen and oxygen atoms in total. The molecule has 2 atom stereocenters. The van der Waals surface area contributed by atoms with Crippen molar-refractivity contribution in [2.45, 2.75) is 71.8 Å². The number of hydrogen-bond acceptors (Lipinski definition) is 6. The van der Waals surface area contributed by atoms with Crippen molar-refractivity contribution in [2.24, 2.45) is 5.92 Å². The van der Waals surface area contributed by atoms with Crippen LogP contribution in [0.3, 0.4) is 0 Å². The van der Waals surface area contributed by atoms with Crippen LogP contribution in [0.15, 0.2) is 18.5 Å². The van der Waals surface area contributed by atoms with Gasteiger partial charge in [0.15, 0.2) is 0 Å². The number of pyridine rings is 1. The Kier molecular flexibility index (Phi) is 7.96. The molecule has 0 aromatic carbocycles. The van der Waals surface area contributed by atoms with Crippen LogP contribution in [0.2, 0.25) is 0 Å². The zero-order valence-corrected chi connectivity index (χ0v) is 17.6. The van der Waals surface area contributed by atoms with Gasteiger partial charge >= 0.3 is 0 Å². The van der Waals surface area contributed by atoms with Crippen LogP contribution < -0.4 is 16.4 Å². The van der Waals surface area contributed by atoms with Crippen LogP contribution >= 0.6 is 0 Å². The molecule has 0 aliphatic rings. The minimum Gasteiger partial charge on any atom is -0.368 e. The van der Waals surface area contributed by atoms with Crippen LogP contribution in [-0.4, -0.2) is 32.9 Å². The Morgan fingerprint density at radius 3 is 2.71 bits per heavy atom. The van der Waals surface area contributed by atoms with Gasteiger partial charge < -0.3 is 16.4 Å². The molecule has 0 saturated heterocycles. The summed E-state index contributed by atoms with van der Waals surface area (Å²) >= 11 is 0. The smallest absolute Gasteiger partial charge is 0.222 e. The van der Waals surface area contributed by atoms with Gasteiger partial charge in [-0.2, -0.15) is 4.98 Å². The van der Waals surface area contributed by atoms with E-state index in [-0.39, 0.29) is 23.3 Å². The topological polar surface area (TPSA) is 106 Å². The van der Waals surface area contributed by atoms with E-state index in [0.717, 1.165) is 43.9 Å². The summed E-state index contributed by atoms with van der Waals surface area (Å²) in [5.41, 5.74) is 6.25. The summed E-state index contributed by atoms with van der Waals surface area (Å²) in [4.78, 5) is 25.3. The Labute approximate surface area is 167 Å². The first-order chi connectivity index (χ1) is 13.4. The van der Waals surface area contributed by atoms with Crippen molar-refractivity contribution >= 4 is 28.6 Å². The first-order valence-electron chi connectivity index (χ1n) is 10.3. The van der Waals surface area contributed by atoms with Crippen LogP contribution in [0, 0.1) is 5.92 Å². The van der Waals surface area contributed by atoms with Crippen LogP contribution in [0.25, 0.3) is 10.9 Å². The van der Waals surface area contributed by atoms with Crippen LogP contribution in [0.5, 0.6) is 0 Å². The number of hydrogen-bond donors (Lipinski definition) is 3. The third kappa shape index (κ3) is 6.04. The molecule has 1 unspecified atom stereocenters. The number of nitrogen functional groups attached to an aromatic ring is 1. The lowest BCUT2D eigenvalue weighted by Gasteiger charge is -2.32. The molecule has 0 radical (unpaired) electrons. The predicted octanol–water partition coefficient (Wildman–Crippen LogP) is 3.91. The summed E-state index contributed by atoms with van der Waals surface area (Å²) in [6.45, 7) is 8.94. The lowest BCUT2D eigenvalue weighted by atomic mass is 9.93. The van der Waals surface area contributed by atoms with Crippen LogP contribution in [-0.2, 0) is 4.79 Å². The van der Waals surface area contributed by atoms with Gasteiger partial charge in [-0.15, -0.1) is 0 Å². The van der Waals surface area contributed by atoms with Gasteiger partial charge in [0.25, 0.3) is 0 Å². The number of carbonyl (C=O) groups is 1. The molecule has 0 spiro atoms. The van der Waals surface area contributed by atoms with E-state index in [1.54, 1.807) is 12.4 Å². The number of aromatic nitrogens is 3. The van der Waals surface area contributed by atoms with E-state index >= 15 is 0 Å². The molecule has 2 aromatic heterocycles. The number of nitrogens with two attached hydrogens (primary N) is 1. The molecule has 2 heterocycles. The maximum absolute atomic E-state index is 12.5. The van der Waals surface area contributed by atoms with Gasteiger partial charge in [-0.1, -0.05) is 46.5 Å². The average molecular weight is 387 g/mol. The fraction of sp³-hybridized carbons (Fsp3) is 0.619. The summed E-state index contributed by atoms with van der Waals surface area (Å²) in [5.74, 6) is 1.01. The van der Waals surface area contributed by atoms with E-state index in [0.29, 0.717) is 17.9 Å². The fourth-order valence-electron chi connectivity index (χ4n) is 3.24. The molecule has 0 aliphatic heterocycles. The maximum atomic E-state index is 12.5. The quantitative estimate of drug-likeness (QED) is 0.541. The molecule has 0 aliphatic carbocycles. The number of anilines is 2. The monoisotopic (exact) mass is 386 g/mol. The van der Waals surface area contributed by atoms with Crippen molar-refractivity contribution in [3.63, 3.8) is 0 Å². The molecule has 2 rings (SSSR count). The molecule has 7 heteroatoms. The lowest BCUT2D eigenvalue weighted by Crippen LogP contribution is -2.47. The molecular weight excluding hydrogens is 352 g/mol. The van der Waals surface area contributed by atoms with Crippen molar-refractivity contribution in [1.82, 2.24) is 20.3 Å². The highest BCUT2D eigenvalue weighted by Crippen LogP contribution is 2.26. The van der Waals surface area contributed by atoms with Gasteiger partial charge in [-0.05, 0) is 25.8 Å². The van der Waals surface area contributed by atoms with E-state index in [1.165, 1.54) is 0 Å². The third-order valence-corrected chi connectivity index (χ3v) is 5.11. The van der Waals surface area contributed by atoms with Gasteiger partial charge in [0, 0.05) is 24.0 Å². The molecule has 4 N–H and O–H groups in total. The number of rotatable bonds is 11. The number of amides is 1. The molecular formula is C21H34N6O. The molecule has 154 valence electrons. The maximum Gasteiger partial charge on any atom is 0.222 e. The lowest BCUT2D eigenvalue weighted by molar-refractivity contribution is -0.124. The standard InChI is InChI=1S/C21H34N6O/c1-5-7-9-15(3)19(28)24-14-21(4,11-8-6-2)27-18-16-10-12-23-13-17(16)25-20(22)26-18/h10,12-13,15H,5-9,11,14H2,1-4H3,(H,24,28)(H3,22,25,26,27)/t15-,21?/m0/s1. The fourth-order valence-corrected chi connectivity index (χ4v) is 3.24. The minimum atomic E-state index is -0.340.